The van der Waals surface area contributed by atoms with Crippen LogP contribution in [0.3, 0.4) is 0 Å². The van der Waals surface area contributed by atoms with Crippen LogP contribution in [0, 0.1) is 0 Å². The Labute approximate surface area is 366 Å². The number of unbranched alkanes of at least 4 members (excludes halogenated alkanes) is 28. The SMILES string of the molecule is CC/C=C/C/C=C/C/C=C/CCCCCCC(CC(=O)NC(CO)C(O)CCCCCCCCCCC)OC(=O)CCCCCCCCCCCCCCCCCCC. The normalized spacial score (nSPS) is 13.5. The molecule has 0 fully saturated rings. The summed E-state index contributed by atoms with van der Waals surface area (Å²) in [6.07, 6.45) is 55.0. The summed E-state index contributed by atoms with van der Waals surface area (Å²) in [6, 6.07) is -0.704. The third-order valence-corrected chi connectivity index (χ3v) is 11.7. The molecule has 0 aliphatic rings. The van der Waals surface area contributed by atoms with Gasteiger partial charge in [-0.15, -0.1) is 0 Å². The number of hydrogen-bond donors (Lipinski definition) is 3. The average molecular weight is 830 g/mol. The third kappa shape index (κ3) is 42.6. The molecule has 0 aliphatic carbocycles. The summed E-state index contributed by atoms with van der Waals surface area (Å²) in [4.78, 5) is 26.1. The molecule has 3 atom stereocenters. The van der Waals surface area contributed by atoms with Crippen LogP contribution in [0.15, 0.2) is 36.5 Å². The quantitative estimate of drug-likeness (QED) is 0.0323. The van der Waals surface area contributed by atoms with Crippen LogP contribution in [0.4, 0.5) is 0 Å². The maximum atomic E-state index is 13.2. The Morgan fingerprint density at radius 1 is 0.508 bits per heavy atom. The Morgan fingerprint density at radius 3 is 1.39 bits per heavy atom. The minimum Gasteiger partial charge on any atom is -0.462 e. The van der Waals surface area contributed by atoms with Crippen molar-refractivity contribution in [2.45, 2.75) is 283 Å². The van der Waals surface area contributed by atoms with E-state index in [2.05, 4.69) is 62.5 Å². The largest absolute Gasteiger partial charge is 0.462 e. The number of aliphatic hydroxyl groups is 2. The Hall–Kier alpha value is -1.92. The Kier molecular flexibility index (Phi) is 45.6. The first-order valence-corrected chi connectivity index (χ1v) is 25.7. The first kappa shape index (κ1) is 57.1. The van der Waals surface area contributed by atoms with E-state index in [0.29, 0.717) is 19.3 Å². The zero-order chi connectivity index (χ0) is 43.1. The van der Waals surface area contributed by atoms with Gasteiger partial charge in [0.15, 0.2) is 0 Å². The number of hydrogen-bond acceptors (Lipinski definition) is 5. The van der Waals surface area contributed by atoms with Gasteiger partial charge in [0.25, 0.3) is 0 Å². The minimum atomic E-state index is -0.790. The molecule has 6 nitrogen and oxygen atoms in total. The fourth-order valence-electron chi connectivity index (χ4n) is 7.86. The van der Waals surface area contributed by atoms with Gasteiger partial charge in [0.05, 0.1) is 25.2 Å². The molecule has 6 heteroatoms. The van der Waals surface area contributed by atoms with E-state index in [1.807, 2.05) is 0 Å². The van der Waals surface area contributed by atoms with Crippen molar-refractivity contribution < 1.29 is 24.5 Å². The van der Waals surface area contributed by atoms with Gasteiger partial charge < -0.3 is 20.3 Å². The highest BCUT2D eigenvalue weighted by atomic mass is 16.5. The molecule has 0 heterocycles. The third-order valence-electron chi connectivity index (χ3n) is 11.7. The highest BCUT2D eigenvalue weighted by Crippen LogP contribution is 2.18. The van der Waals surface area contributed by atoms with E-state index in [0.717, 1.165) is 89.9 Å². The number of amides is 1. The van der Waals surface area contributed by atoms with E-state index in [1.54, 1.807) is 0 Å². The zero-order valence-electron chi connectivity index (χ0n) is 39.4. The molecular formula is C53H99NO5. The number of rotatable bonds is 46. The number of esters is 1. The van der Waals surface area contributed by atoms with E-state index in [9.17, 15) is 19.8 Å². The molecule has 0 aromatic carbocycles. The second-order valence-corrected chi connectivity index (χ2v) is 17.5. The summed E-state index contributed by atoms with van der Waals surface area (Å²) in [5, 5.41) is 23.7. The number of allylic oxidation sites excluding steroid dienone is 6. The van der Waals surface area contributed by atoms with Gasteiger partial charge in [0.1, 0.15) is 6.10 Å². The van der Waals surface area contributed by atoms with Crippen molar-refractivity contribution in [2.75, 3.05) is 6.61 Å². The summed E-state index contributed by atoms with van der Waals surface area (Å²) in [6.45, 7) is 6.36. The number of carbonyl (C=O) groups excluding carboxylic acids is 2. The molecule has 0 aliphatic heterocycles. The molecule has 0 rings (SSSR count). The topological polar surface area (TPSA) is 95.9 Å². The second kappa shape index (κ2) is 47.1. The smallest absolute Gasteiger partial charge is 0.306 e. The van der Waals surface area contributed by atoms with Gasteiger partial charge >= 0.3 is 5.97 Å². The predicted molar refractivity (Wildman–Crippen MR) is 255 cm³/mol. The number of ether oxygens (including phenoxy) is 1. The van der Waals surface area contributed by atoms with E-state index in [1.165, 1.54) is 128 Å². The van der Waals surface area contributed by atoms with Crippen LogP contribution in [-0.4, -0.2) is 46.9 Å². The van der Waals surface area contributed by atoms with Gasteiger partial charge in [-0.25, -0.2) is 0 Å². The molecule has 0 saturated carbocycles. The van der Waals surface area contributed by atoms with Gasteiger partial charge in [-0.2, -0.15) is 0 Å². The maximum Gasteiger partial charge on any atom is 0.306 e. The Morgan fingerprint density at radius 2 is 0.915 bits per heavy atom. The summed E-state index contributed by atoms with van der Waals surface area (Å²) < 4.78 is 5.93. The minimum absolute atomic E-state index is 0.0660. The van der Waals surface area contributed by atoms with E-state index >= 15 is 0 Å². The fourth-order valence-corrected chi connectivity index (χ4v) is 7.86. The van der Waals surface area contributed by atoms with Gasteiger partial charge in [-0.05, 0) is 57.8 Å². The van der Waals surface area contributed by atoms with Crippen molar-refractivity contribution >= 4 is 11.9 Å². The lowest BCUT2D eigenvalue weighted by Crippen LogP contribution is -2.46. The van der Waals surface area contributed by atoms with Crippen LogP contribution in [0.1, 0.15) is 265 Å². The second-order valence-electron chi connectivity index (χ2n) is 17.5. The Bertz CT molecular complexity index is 977. The van der Waals surface area contributed by atoms with Crippen molar-refractivity contribution in [1.82, 2.24) is 5.32 Å². The van der Waals surface area contributed by atoms with Crippen LogP contribution in [-0.2, 0) is 14.3 Å². The van der Waals surface area contributed by atoms with E-state index in [-0.39, 0.29) is 24.9 Å². The lowest BCUT2D eigenvalue weighted by Gasteiger charge is -2.24. The maximum absolute atomic E-state index is 13.2. The Balaban J connectivity index is 4.55. The van der Waals surface area contributed by atoms with Crippen LogP contribution < -0.4 is 5.32 Å². The summed E-state index contributed by atoms with van der Waals surface area (Å²) in [5.41, 5.74) is 0. The summed E-state index contributed by atoms with van der Waals surface area (Å²) >= 11 is 0. The first-order chi connectivity index (χ1) is 29.0. The molecule has 0 spiro atoms. The van der Waals surface area contributed by atoms with Crippen molar-refractivity contribution in [3.05, 3.63) is 36.5 Å². The van der Waals surface area contributed by atoms with Crippen LogP contribution in [0.25, 0.3) is 0 Å². The van der Waals surface area contributed by atoms with Crippen molar-refractivity contribution in [2.24, 2.45) is 0 Å². The fraction of sp³-hybridized carbons (Fsp3) is 0.849. The lowest BCUT2D eigenvalue weighted by atomic mass is 10.0. The molecular weight excluding hydrogens is 731 g/mol. The molecule has 0 saturated heterocycles. The highest BCUT2D eigenvalue weighted by Gasteiger charge is 2.24. The first-order valence-electron chi connectivity index (χ1n) is 25.7. The summed E-state index contributed by atoms with van der Waals surface area (Å²) in [5.74, 6) is -0.486. The van der Waals surface area contributed by atoms with Gasteiger partial charge in [-0.1, -0.05) is 231 Å². The molecule has 0 bridgehead atoms. The lowest BCUT2D eigenvalue weighted by molar-refractivity contribution is -0.151. The van der Waals surface area contributed by atoms with Crippen LogP contribution in [0.5, 0.6) is 0 Å². The van der Waals surface area contributed by atoms with Crippen molar-refractivity contribution in [1.29, 1.82) is 0 Å². The van der Waals surface area contributed by atoms with Crippen molar-refractivity contribution in [3.63, 3.8) is 0 Å². The molecule has 3 unspecified atom stereocenters. The monoisotopic (exact) mass is 830 g/mol. The molecule has 3 N–H and O–H groups in total. The molecule has 0 radical (unpaired) electrons. The predicted octanol–water partition coefficient (Wildman–Crippen LogP) is 15.3. The molecule has 0 aromatic heterocycles. The zero-order valence-corrected chi connectivity index (χ0v) is 39.4. The molecule has 0 aromatic rings. The number of carbonyl (C=O) groups is 2. The van der Waals surface area contributed by atoms with Crippen LogP contribution in [0.2, 0.25) is 0 Å². The highest BCUT2D eigenvalue weighted by molar-refractivity contribution is 5.77. The van der Waals surface area contributed by atoms with Crippen LogP contribution >= 0.6 is 0 Å². The van der Waals surface area contributed by atoms with Gasteiger partial charge in [0, 0.05) is 6.42 Å². The molecule has 59 heavy (non-hydrogen) atoms. The summed E-state index contributed by atoms with van der Waals surface area (Å²) in [7, 11) is 0. The average Bonchev–Trinajstić information content (AvgIpc) is 3.23. The number of aliphatic hydroxyl groups excluding tert-OH is 2. The number of nitrogens with one attached hydrogen (secondary N) is 1. The van der Waals surface area contributed by atoms with Crippen molar-refractivity contribution in [3.8, 4) is 0 Å². The molecule has 1 amide bonds. The van der Waals surface area contributed by atoms with E-state index in [4.69, 9.17) is 4.74 Å². The van der Waals surface area contributed by atoms with Gasteiger partial charge in [0.2, 0.25) is 5.91 Å². The molecule has 346 valence electrons. The van der Waals surface area contributed by atoms with Gasteiger partial charge in [-0.3, -0.25) is 9.59 Å². The van der Waals surface area contributed by atoms with E-state index < -0.39 is 18.2 Å². The standard InChI is InChI=1S/C53H99NO5/c1-4-7-10-13-16-19-21-23-25-26-27-29-31-34-37-40-43-46-53(58)59-49(44-41-38-35-33-30-28-24-22-20-17-14-11-8-5-2)47-52(57)54-50(48-55)51(56)45-42-39-36-32-18-15-12-9-6-3/h8,11,17,20,24,28,49-51,55-56H,4-7,9-10,12-16,18-19,21-23,25-27,29-48H2,1-3H3,(H,54,57)/b11-8+,20-17+,28-24+.